The zero-order valence-electron chi connectivity index (χ0n) is 19.8. The van der Waals surface area contributed by atoms with E-state index in [0.717, 1.165) is 61.3 Å². The molecule has 0 aliphatic carbocycles. The first kappa shape index (κ1) is 25.3. The molecule has 4 rings (SSSR count). The topological polar surface area (TPSA) is 70.4 Å². The number of fused-ring (bicyclic) bond motifs is 1. The third-order valence-electron chi connectivity index (χ3n) is 6.12. The number of halogens is 1. The molecule has 0 unspecified atom stereocenters. The Balaban J connectivity index is 0.00000306. The van der Waals surface area contributed by atoms with Crippen molar-refractivity contribution in [1.82, 2.24) is 25.2 Å². The number of benzene rings is 1. The molecule has 0 spiro atoms. The lowest BCUT2D eigenvalue weighted by Crippen LogP contribution is -2.37. The minimum Gasteiger partial charge on any atom is -0.357 e. The zero-order chi connectivity index (χ0) is 22.2. The molecule has 1 fully saturated rings. The molecule has 1 aromatic carbocycles. The van der Waals surface area contributed by atoms with E-state index in [-0.39, 0.29) is 24.0 Å². The van der Waals surface area contributed by atoms with Crippen LogP contribution in [0.25, 0.3) is 11.0 Å². The Morgan fingerprint density at radius 1 is 1.03 bits per heavy atom. The van der Waals surface area contributed by atoms with Crippen molar-refractivity contribution in [2.45, 2.75) is 52.1 Å². The summed E-state index contributed by atoms with van der Waals surface area (Å²) >= 11 is 0. The molecule has 0 amide bonds. The van der Waals surface area contributed by atoms with Crippen LogP contribution in [0.3, 0.4) is 0 Å². The molecule has 1 aliphatic rings. The fraction of sp³-hybridized carbons (Fsp3) is 0.480. The van der Waals surface area contributed by atoms with E-state index in [9.17, 15) is 0 Å². The monoisotopic (exact) mass is 561 g/mol. The molecule has 3 heterocycles. The van der Waals surface area contributed by atoms with E-state index in [1.54, 1.807) is 0 Å². The second kappa shape index (κ2) is 12.8. The second-order valence-electron chi connectivity index (χ2n) is 8.43. The summed E-state index contributed by atoms with van der Waals surface area (Å²) in [5, 5.41) is 6.81. The number of nitrogens with zero attached hydrogens (tertiary/aromatic N) is 5. The molecular formula is C25H36IN7. The van der Waals surface area contributed by atoms with Crippen molar-refractivity contribution in [1.29, 1.82) is 0 Å². The van der Waals surface area contributed by atoms with Gasteiger partial charge in [0.2, 0.25) is 0 Å². The summed E-state index contributed by atoms with van der Waals surface area (Å²) < 4.78 is 2.28. The van der Waals surface area contributed by atoms with Crippen LogP contribution < -0.4 is 15.5 Å². The largest absolute Gasteiger partial charge is 0.357 e. The Hall–Kier alpha value is -2.36. The van der Waals surface area contributed by atoms with E-state index < -0.39 is 0 Å². The summed E-state index contributed by atoms with van der Waals surface area (Å²) in [4.78, 5) is 16.1. The van der Waals surface area contributed by atoms with Crippen molar-refractivity contribution < 1.29 is 0 Å². The number of hydrogen-bond acceptors (Lipinski definition) is 4. The molecule has 33 heavy (non-hydrogen) atoms. The normalized spacial score (nSPS) is 14.6. The second-order valence-corrected chi connectivity index (χ2v) is 8.43. The van der Waals surface area contributed by atoms with E-state index in [1.807, 2.05) is 19.3 Å². The summed E-state index contributed by atoms with van der Waals surface area (Å²) in [5.74, 6) is 2.97. The van der Waals surface area contributed by atoms with Gasteiger partial charge in [0.15, 0.2) is 5.96 Å². The molecule has 2 aromatic heterocycles. The third-order valence-corrected chi connectivity index (χ3v) is 6.12. The number of anilines is 1. The molecule has 2 N–H and O–H groups in total. The Kier molecular flexibility index (Phi) is 9.77. The first-order chi connectivity index (χ1) is 15.7. The van der Waals surface area contributed by atoms with E-state index in [1.165, 1.54) is 31.2 Å². The van der Waals surface area contributed by atoms with Crippen molar-refractivity contribution in [3.8, 4) is 0 Å². The Labute approximate surface area is 214 Å². The van der Waals surface area contributed by atoms with E-state index >= 15 is 0 Å². The van der Waals surface area contributed by atoms with Gasteiger partial charge in [-0.15, -0.1) is 24.0 Å². The maximum absolute atomic E-state index is 4.70. The van der Waals surface area contributed by atoms with Crippen LogP contribution in [0.1, 0.15) is 43.5 Å². The van der Waals surface area contributed by atoms with Crippen LogP contribution >= 0.6 is 24.0 Å². The first-order valence-corrected chi connectivity index (χ1v) is 11.8. The number of aliphatic imine (C=N–C) groups is 1. The number of hydrogen-bond donors (Lipinski definition) is 2. The molecule has 0 radical (unpaired) electrons. The van der Waals surface area contributed by atoms with Crippen LogP contribution in [0.15, 0.2) is 47.6 Å². The number of aryl methyl sites for hydroxylation is 2. The van der Waals surface area contributed by atoms with E-state index in [0.29, 0.717) is 6.54 Å². The van der Waals surface area contributed by atoms with Crippen LogP contribution in [0.4, 0.5) is 5.82 Å². The van der Waals surface area contributed by atoms with Gasteiger partial charge in [-0.2, -0.15) is 0 Å². The highest BCUT2D eigenvalue weighted by Gasteiger charge is 2.11. The fourth-order valence-corrected chi connectivity index (χ4v) is 4.34. The van der Waals surface area contributed by atoms with Crippen LogP contribution in [0.5, 0.6) is 0 Å². The summed E-state index contributed by atoms with van der Waals surface area (Å²) in [7, 11) is 1.81. The average molecular weight is 562 g/mol. The SMILES string of the molecule is CN=C(NCCCn1c(C)nc2ccccc21)NCc1ccc(N2CCCCCC2)nc1.I. The Morgan fingerprint density at radius 3 is 2.55 bits per heavy atom. The van der Waals surface area contributed by atoms with Gasteiger partial charge >= 0.3 is 0 Å². The predicted molar refractivity (Wildman–Crippen MR) is 148 cm³/mol. The van der Waals surface area contributed by atoms with Crippen LogP contribution in [-0.2, 0) is 13.1 Å². The van der Waals surface area contributed by atoms with Gasteiger partial charge in [0.05, 0.1) is 11.0 Å². The number of rotatable bonds is 7. The van der Waals surface area contributed by atoms with Gasteiger partial charge < -0.3 is 20.1 Å². The van der Waals surface area contributed by atoms with Gasteiger partial charge in [-0.1, -0.05) is 31.0 Å². The van der Waals surface area contributed by atoms with Gasteiger partial charge in [0.25, 0.3) is 0 Å². The molecule has 1 saturated heterocycles. The zero-order valence-corrected chi connectivity index (χ0v) is 22.1. The quantitative estimate of drug-likeness (QED) is 0.193. The van der Waals surface area contributed by atoms with Crippen molar-refractivity contribution in [2.75, 3.05) is 31.6 Å². The van der Waals surface area contributed by atoms with Gasteiger partial charge in [0, 0.05) is 46.0 Å². The average Bonchev–Trinajstić information content (AvgIpc) is 2.97. The highest BCUT2D eigenvalue weighted by atomic mass is 127. The van der Waals surface area contributed by atoms with Crippen molar-refractivity contribution in [3.05, 3.63) is 54.0 Å². The van der Waals surface area contributed by atoms with Gasteiger partial charge in [0.1, 0.15) is 11.6 Å². The highest BCUT2D eigenvalue weighted by molar-refractivity contribution is 14.0. The summed E-state index contributed by atoms with van der Waals surface area (Å²) in [6, 6.07) is 12.6. The molecular weight excluding hydrogens is 525 g/mol. The summed E-state index contributed by atoms with van der Waals surface area (Å²) in [6.45, 7) is 6.79. The maximum atomic E-state index is 4.70. The van der Waals surface area contributed by atoms with Crippen molar-refractivity contribution in [3.63, 3.8) is 0 Å². The molecule has 7 nitrogen and oxygen atoms in total. The molecule has 8 heteroatoms. The minimum atomic E-state index is 0. The number of nitrogens with one attached hydrogen (secondary N) is 2. The molecule has 0 saturated carbocycles. The lowest BCUT2D eigenvalue weighted by atomic mass is 10.2. The molecule has 0 atom stereocenters. The lowest BCUT2D eigenvalue weighted by Gasteiger charge is -2.21. The molecule has 1 aliphatic heterocycles. The highest BCUT2D eigenvalue weighted by Crippen LogP contribution is 2.18. The standard InChI is InChI=1S/C25H35N7.HI/c1-20-30-22-10-5-6-11-23(22)32(20)17-9-14-27-25(26-2)29-19-21-12-13-24(28-18-21)31-15-7-3-4-8-16-31;/h5-6,10-13,18H,3-4,7-9,14-17,19H2,1-2H3,(H2,26,27,29);1H. The van der Waals surface area contributed by atoms with E-state index in [4.69, 9.17) is 4.98 Å². The summed E-state index contributed by atoms with van der Waals surface area (Å²) in [6.07, 6.45) is 8.18. The molecule has 0 bridgehead atoms. The van der Waals surface area contributed by atoms with E-state index in [2.05, 4.69) is 67.3 Å². The molecule has 178 valence electrons. The first-order valence-electron chi connectivity index (χ1n) is 11.8. The maximum Gasteiger partial charge on any atom is 0.191 e. The fourth-order valence-electron chi connectivity index (χ4n) is 4.34. The lowest BCUT2D eigenvalue weighted by molar-refractivity contribution is 0.624. The van der Waals surface area contributed by atoms with Crippen molar-refractivity contribution in [2.24, 2.45) is 4.99 Å². The smallest absolute Gasteiger partial charge is 0.191 e. The van der Waals surface area contributed by atoms with Crippen LogP contribution in [0.2, 0.25) is 0 Å². The number of pyridine rings is 1. The summed E-state index contributed by atoms with van der Waals surface area (Å²) in [5.41, 5.74) is 3.42. The number of imidazole rings is 1. The number of para-hydroxylation sites is 2. The third kappa shape index (κ3) is 6.82. The number of aromatic nitrogens is 3. The number of guanidine groups is 1. The van der Waals surface area contributed by atoms with Crippen molar-refractivity contribution >= 4 is 46.8 Å². The minimum absolute atomic E-state index is 0. The van der Waals surface area contributed by atoms with Gasteiger partial charge in [-0.25, -0.2) is 9.97 Å². The predicted octanol–water partition coefficient (Wildman–Crippen LogP) is 4.49. The van der Waals surface area contributed by atoms with Crippen LogP contribution in [-0.4, -0.2) is 47.2 Å². The Morgan fingerprint density at radius 2 is 1.82 bits per heavy atom. The van der Waals surface area contributed by atoms with Gasteiger partial charge in [-0.05, 0) is 49.9 Å². The molecule has 3 aromatic rings. The van der Waals surface area contributed by atoms with Gasteiger partial charge in [-0.3, -0.25) is 4.99 Å². The van der Waals surface area contributed by atoms with Crippen LogP contribution in [0, 0.1) is 6.92 Å². The Bertz CT molecular complexity index is 1020.